The maximum atomic E-state index is 12.4. The molecule has 3 rings (SSSR count). The molecule has 1 aliphatic heterocycles. The van der Waals surface area contributed by atoms with Crippen LogP contribution in [0.3, 0.4) is 0 Å². The van der Waals surface area contributed by atoms with Crippen molar-refractivity contribution in [1.29, 1.82) is 0 Å². The Kier molecular flexibility index (Phi) is 5.65. The summed E-state index contributed by atoms with van der Waals surface area (Å²) >= 11 is 4.55. The Labute approximate surface area is 158 Å². The number of carbonyl (C=O) groups excluding carboxylic acids is 1. The fourth-order valence-electron chi connectivity index (χ4n) is 2.70. The van der Waals surface area contributed by atoms with Crippen molar-refractivity contribution in [1.82, 2.24) is 10.2 Å². The Morgan fingerprint density at radius 1 is 1.36 bits per heavy atom. The molecule has 2 heterocycles. The number of hydrogen-bond donors (Lipinski definition) is 0. The Hall–Kier alpha value is -1.19. The summed E-state index contributed by atoms with van der Waals surface area (Å²) in [5.74, 6) is 0.847. The van der Waals surface area contributed by atoms with Gasteiger partial charge in [-0.25, -0.2) is 8.42 Å². The van der Waals surface area contributed by atoms with Crippen molar-refractivity contribution in [2.24, 2.45) is 5.92 Å². The number of hydrogen-bond acceptors (Lipinski definition) is 7. The van der Waals surface area contributed by atoms with E-state index >= 15 is 0 Å². The topological polar surface area (TPSA) is 90.1 Å². The number of carbonyl (C=O) groups is 1. The van der Waals surface area contributed by atoms with Crippen LogP contribution < -0.4 is 0 Å². The number of aromatic nitrogens is 2. The van der Waals surface area contributed by atoms with Gasteiger partial charge in [0.05, 0.1) is 16.8 Å². The summed E-state index contributed by atoms with van der Waals surface area (Å²) in [6.45, 7) is 1.79. The molecule has 2 atom stereocenters. The third-order valence-electron chi connectivity index (χ3n) is 4.01. The normalized spacial score (nSPS) is 20.5. The number of thioether (sulfide) groups is 1. The lowest BCUT2D eigenvalue weighted by molar-refractivity contribution is 0.0993. The second-order valence-corrected chi connectivity index (χ2v) is 10.5. The van der Waals surface area contributed by atoms with Gasteiger partial charge in [0.1, 0.15) is 0 Å². The van der Waals surface area contributed by atoms with Crippen LogP contribution in [-0.2, 0) is 16.3 Å². The van der Waals surface area contributed by atoms with Gasteiger partial charge in [0.25, 0.3) is 5.22 Å². The van der Waals surface area contributed by atoms with E-state index in [9.17, 15) is 13.2 Å². The quantitative estimate of drug-likeness (QED) is 0.498. The molecule has 1 fully saturated rings. The molecule has 0 aliphatic carbocycles. The van der Waals surface area contributed by atoms with Crippen LogP contribution in [0.2, 0.25) is 0 Å². The molecule has 1 aliphatic rings. The van der Waals surface area contributed by atoms with Crippen molar-refractivity contribution in [3.05, 3.63) is 40.2 Å². The van der Waals surface area contributed by atoms with Crippen LogP contribution in [0, 0.1) is 5.92 Å². The molecule has 0 radical (unpaired) electrons. The van der Waals surface area contributed by atoms with Crippen LogP contribution in [0.4, 0.5) is 0 Å². The highest BCUT2D eigenvalue weighted by Crippen LogP contribution is 2.27. The summed E-state index contributed by atoms with van der Waals surface area (Å²) in [5.41, 5.74) is 0.624. The number of rotatable bonds is 6. The predicted octanol–water partition coefficient (Wildman–Crippen LogP) is 3.17. The first-order chi connectivity index (χ1) is 11.8. The monoisotopic (exact) mass is 444 g/mol. The molecule has 134 valence electrons. The van der Waals surface area contributed by atoms with Crippen LogP contribution in [0.1, 0.15) is 29.6 Å². The molecule has 6 nitrogen and oxygen atoms in total. The minimum Gasteiger partial charge on any atom is -0.416 e. The van der Waals surface area contributed by atoms with E-state index in [-0.39, 0.29) is 28.5 Å². The van der Waals surface area contributed by atoms with Gasteiger partial charge in [0.2, 0.25) is 5.89 Å². The van der Waals surface area contributed by atoms with Crippen LogP contribution in [0.25, 0.3) is 0 Å². The number of halogens is 1. The first-order valence-corrected chi connectivity index (χ1v) is 11.3. The third-order valence-corrected chi connectivity index (χ3v) is 7.31. The number of Topliss-reactive ketones (excluding diaryl/α,β-unsaturated/α-hetero) is 1. The standard InChI is InChI=1S/C16H17BrN2O4S2/c1-10(15(20)12-2-4-13(17)5-3-12)24-16-19-18-14(23-16)8-11-6-7-25(21,22)9-11/h2-5,10-11H,6-9H2,1H3. The van der Waals surface area contributed by atoms with Gasteiger partial charge in [-0.15, -0.1) is 10.2 Å². The number of ketones is 1. The largest absolute Gasteiger partial charge is 0.416 e. The maximum Gasteiger partial charge on any atom is 0.277 e. The Balaban J connectivity index is 1.59. The summed E-state index contributed by atoms with van der Waals surface area (Å²) in [6.07, 6.45) is 1.09. The molecule has 2 aromatic rings. The Morgan fingerprint density at radius 3 is 2.72 bits per heavy atom. The first-order valence-electron chi connectivity index (χ1n) is 7.81. The smallest absolute Gasteiger partial charge is 0.277 e. The van der Waals surface area contributed by atoms with Crippen molar-refractivity contribution in [2.75, 3.05) is 11.5 Å². The molecule has 9 heteroatoms. The van der Waals surface area contributed by atoms with Gasteiger partial charge in [-0.1, -0.05) is 39.8 Å². The average Bonchev–Trinajstić information content (AvgIpc) is 3.13. The highest BCUT2D eigenvalue weighted by molar-refractivity contribution is 9.10. The van der Waals surface area contributed by atoms with E-state index in [4.69, 9.17) is 4.42 Å². The van der Waals surface area contributed by atoms with E-state index in [1.807, 2.05) is 12.1 Å². The highest BCUT2D eigenvalue weighted by Gasteiger charge is 2.29. The second kappa shape index (κ2) is 7.59. The predicted molar refractivity (Wildman–Crippen MR) is 98.6 cm³/mol. The van der Waals surface area contributed by atoms with Crippen molar-refractivity contribution < 1.29 is 17.6 Å². The Bertz CT molecular complexity index is 865. The molecule has 1 aromatic heterocycles. The third kappa shape index (κ3) is 4.92. The maximum absolute atomic E-state index is 12.4. The fraction of sp³-hybridized carbons (Fsp3) is 0.438. The molecule has 25 heavy (non-hydrogen) atoms. The first kappa shape index (κ1) is 18.6. The molecular weight excluding hydrogens is 428 g/mol. The van der Waals surface area contributed by atoms with E-state index in [1.54, 1.807) is 19.1 Å². The lowest BCUT2D eigenvalue weighted by Crippen LogP contribution is -2.13. The van der Waals surface area contributed by atoms with Gasteiger partial charge in [0, 0.05) is 16.5 Å². The average molecular weight is 445 g/mol. The summed E-state index contributed by atoms with van der Waals surface area (Å²) in [5, 5.41) is 7.90. The van der Waals surface area contributed by atoms with Gasteiger partial charge in [0.15, 0.2) is 15.6 Å². The lowest BCUT2D eigenvalue weighted by atomic mass is 10.1. The highest BCUT2D eigenvalue weighted by atomic mass is 79.9. The fourth-order valence-corrected chi connectivity index (χ4v) is 5.61. The minimum atomic E-state index is -2.92. The van der Waals surface area contributed by atoms with E-state index in [0.29, 0.717) is 29.5 Å². The van der Waals surface area contributed by atoms with Crippen LogP contribution >= 0.6 is 27.7 Å². The van der Waals surface area contributed by atoms with Gasteiger partial charge < -0.3 is 4.42 Å². The zero-order valence-electron chi connectivity index (χ0n) is 13.5. The molecule has 1 saturated heterocycles. The molecule has 0 amide bonds. The number of sulfone groups is 1. The van der Waals surface area contributed by atoms with Crippen LogP contribution in [0.15, 0.2) is 38.4 Å². The van der Waals surface area contributed by atoms with Crippen molar-refractivity contribution in [2.45, 2.75) is 30.2 Å². The molecule has 0 N–H and O–H groups in total. The van der Waals surface area contributed by atoms with E-state index in [2.05, 4.69) is 26.1 Å². The number of nitrogens with zero attached hydrogens (tertiary/aromatic N) is 2. The minimum absolute atomic E-state index is 0.0147. The second-order valence-electron chi connectivity index (χ2n) is 6.07. The zero-order chi connectivity index (χ0) is 18.0. The zero-order valence-corrected chi connectivity index (χ0v) is 16.7. The summed E-state index contributed by atoms with van der Waals surface area (Å²) in [6, 6.07) is 7.18. The Morgan fingerprint density at radius 2 is 2.08 bits per heavy atom. The molecule has 0 bridgehead atoms. The molecule has 2 unspecified atom stereocenters. The van der Waals surface area contributed by atoms with Gasteiger partial charge in [-0.05, 0) is 31.4 Å². The van der Waals surface area contributed by atoms with E-state index in [1.165, 1.54) is 11.8 Å². The van der Waals surface area contributed by atoms with Crippen molar-refractivity contribution in [3.8, 4) is 0 Å². The summed E-state index contributed by atoms with van der Waals surface area (Å²) in [7, 11) is -2.92. The summed E-state index contributed by atoms with van der Waals surface area (Å²) < 4.78 is 29.5. The number of benzene rings is 1. The van der Waals surface area contributed by atoms with Crippen molar-refractivity contribution >= 4 is 43.3 Å². The van der Waals surface area contributed by atoms with Gasteiger partial charge in [-0.3, -0.25) is 4.79 Å². The van der Waals surface area contributed by atoms with Crippen LogP contribution in [0.5, 0.6) is 0 Å². The van der Waals surface area contributed by atoms with E-state index < -0.39 is 9.84 Å². The van der Waals surface area contributed by atoms with Crippen LogP contribution in [-0.4, -0.2) is 41.2 Å². The summed E-state index contributed by atoms with van der Waals surface area (Å²) in [4.78, 5) is 12.4. The SMILES string of the molecule is CC(Sc1nnc(CC2CCS(=O)(=O)C2)o1)C(=O)c1ccc(Br)cc1. The van der Waals surface area contributed by atoms with Gasteiger partial charge in [-0.2, -0.15) is 0 Å². The molecule has 1 aromatic carbocycles. The molecular formula is C16H17BrN2O4S2. The van der Waals surface area contributed by atoms with Gasteiger partial charge >= 0.3 is 0 Å². The molecule has 0 saturated carbocycles. The molecule has 0 spiro atoms. The lowest BCUT2D eigenvalue weighted by Gasteiger charge is -2.07. The van der Waals surface area contributed by atoms with E-state index in [0.717, 1.165) is 4.47 Å². The van der Waals surface area contributed by atoms with Crippen molar-refractivity contribution in [3.63, 3.8) is 0 Å².